The Bertz CT molecular complexity index is 98.6. The number of carbonyl (C=O) groups excluding carboxylic acids is 1. The zero-order chi connectivity index (χ0) is 6.41. The van der Waals surface area contributed by atoms with Crippen LogP contribution in [0.5, 0.6) is 0 Å². The minimum Gasteiger partial charge on any atom is -0.394 e. The molecule has 0 saturated heterocycles. The van der Waals surface area contributed by atoms with Crippen LogP contribution in [0.4, 0.5) is 0 Å². The molecule has 3 heteroatoms. The first-order valence-corrected chi connectivity index (χ1v) is 2.38. The Morgan fingerprint density at radius 2 is 2.50 bits per heavy atom. The van der Waals surface area contributed by atoms with E-state index in [4.69, 9.17) is 5.73 Å². The zero-order valence-corrected chi connectivity index (χ0v) is 4.85. The molecule has 8 heavy (non-hydrogen) atoms. The predicted molar refractivity (Wildman–Crippen MR) is 32.0 cm³/mol. The van der Waals surface area contributed by atoms with Gasteiger partial charge in [0, 0.05) is 13.5 Å². The Kier molecular flexibility index (Phi) is 3.66. The Morgan fingerprint density at radius 1 is 1.88 bits per heavy atom. The number of primary amides is 1. The molecule has 0 aromatic rings. The van der Waals surface area contributed by atoms with E-state index in [-0.39, 0.29) is 5.91 Å². The Labute approximate surface area is 48.6 Å². The number of rotatable bonds is 3. The molecule has 0 aromatic carbocycles. The first-order chi connectivity index (χ1) is 3.77. The van der Waals surface area contributed by atoms with Crippen LogP contribution in [0.25, 0.3) is 0 Å². The van der Waals surface area contributed by atoms with Gasteiger partial charge in [0.2, 0.25) is 5.91 Å². The average Bonchev–Trinajstić information content (AvgIpc) is 1.66. The molecule has 0 radical (unpaired) electrons. The van der Waals surface area contributed by atoms with Crippen molar-refractivity contribution in [3.05, 3.63) is 12.3 Å². The molecule has 0 rings (SSSR count). The molecule has 0 aliphatic rings. The molecule has 0 spiro atoms. The summed E-state index contributed by atoms with van der Waals surface area (Å²) >= 11 is 0. The first-order valence-electron chi connectivity index (χ1n) is 2.38. The quantitative estimate of drug-likeness (QED) is 0.524. The topological polar surface area (TPSA) is 55.1 Å². The molecule has 0 bridgehead atoms. The molecule has 0 aliphatic carbocycles. The predicted octanol–water partition coefficient (Wildman–Crippen LogP) is -0.405. The van der Waals surface area contributed by atoms with E-state index in [1.807, 2.05) is 0 Å². The van der Waals surface area contributed by atoms with Crippen LogP contribution < -0.4 is 11.1 Å². The van der Waals surface area contributed by atoms with Crippen LogP contribution in [0, 0.1) is 0 Å². The average molecular weight is 114 g/mol. The van der Waals surface area contributed by atoms with Gasteiger partial charge in [-0.15, -0.1) is 0 Å². The number of hydrogen-bond acceptors (Lipinski definition) is 2. The Balaban J connectivity index is 3.16. The van der Waals surface area contributed by atoms with Crippen molar-refractivity contribution in [1.82, 2.24) is 5.32 Å². The maximum absolute atomic E-state index is 10.0. The number of carbonyl (C=O) groups is 1. The minimum absolute atomic E-state index is 0.306. The summed E-state index contributed by atoms with van der Waals surface area (Å²) in [6.07, 6.45) is 3.65. The van der Waals surface area contributed by atoms with E-state index in [2.05, 4.69) is 5.32 Å². The number of nitrogens with one attached hydrogen (secondary N) is 1. The highest BCUT2D eigenvalue weighted by Crippen LogP contribution is 1.75. The van der Waals surface area contributed by atoms with Crippen LogP contribution in [-0.2, 0) is 4.79 Å². The molecule has 46 valence electrons. The van der Waals surface area contributed by atoms with Crippen molar-refractivity contribution in [2.24, 2.45) is 5.73 Å². The van der Waals surface area contributed by atoms with E-state index in [9.17, 15) is 4.79 Å². The lowest BCUT2D eigenvalue weighted by atomic mass is 10.4. The van der Waals surface area contributed by atoms with E-state index in [0.717, 1.165) is 0 Å². The normalized spacial score (nSPS) is 9.62. The third-order valence-corrected chi connectivity index (χ3v) is 0.604. The van der Waals surface area contributed by atoms with E-state index in [0.29, 0.717) is 6.42 Å². The van der Waals surface area contributed by atoms with E-state index in [1.165, 1.54) is 0 Å². The monoisotopic (exact) mass is 114 g/mol. The second-order valence-corrected chi connectivity index (χ2v) is 1.36. The van der Waals surface area contributed by atoms with Gasteiger partial charge in [-0.1, -0.05) is 6.08 Å². The molecule has 0 aliphatic heterocycles. The molecular formula is C5H10N2O. The molecule has 0 atom stereocenters. The van der Waals surface area contributed by atoms with Crippen molar-refractivity contribution >= 4 is 5.91 Å². The fraction of sp³-hybridized carbons (Fsp3) is 0.400. The molecule has 0 aromatic heterocycles. The van der Waals surface area contributed by atoms with E-state index < -0.39 is 0 Å². The van der Waals surface area contributed by atoms with Crippen molar-refractivity contribution in [2.45, 2.75) is 6.42 Å². The van der Waals surface area contributed by atoms with Crippen LogP contribution >= 0.6 is 0 Å². The minimum atomic E-state index is -0.309. The maximum atomic E-state index is 10.0. The van der Waals surface area contributed by atoms with Crippen molar-refractivity contribution in [3.8, 4) is 0 Å². The summed E-state index contributed by atoms with van der Waals surface area (Å²) < 4.78 is 0. The van der Waals surface area contributed by atoms with Crippen molar-refractivity contribution in [2.75, 3.05) is 7.05 Å². The Morgan fingerprint density at radius 3 is 2.88 bits per heavy atom. The molecule has 1 amide bonds. The van der Waals surface area contributed by atoms with Crippen LogP contribution in [0.1, 0.15) is 6.42 Å². The molecule has 0 saturated carbocycles. The Hall–Kier alpha value is -0.990. The highest BCUT2D eigenvalue weighted by Gasteiger charge is 1.83. The standard InChI is InChI=1S/C5H10N2O/c1-7-4-2-3-5(6)8/h2,4,7H,3H2,1H3,(H2,6,8)/b4-2-. The summed E-state index contributed by atoms with van der Waals surface area (Å²) in [6.45, 7) is 0. The number of amides is 1. The van der Waals surface area contributed by atoms with Crippen molar-refractivity contribution in [3.63, 3.8) is 0 Å². The maximum Gasteiger partial charge on any atom is 0.221 e. The lowest BCUT2D eigenvalue weighted by Crippen LogP contribution is -2.08. The van der Waals surface area contributed by atoms with Gasteiger partial charge in [-0.2, -0.15) is 0 Å². The zero-order valence-electron chi connectivity index (χ0n) is 4.85. The van der Waals surface area contributed by atoms with Gasteiger partial charge in [0.25, 0.3) is 0 Å². The van der Waals surface area contributed by atoms with Crippen LogP contribution in [0.15, 0.2) is 12.3 Å². The highest BCUT2D eigenvalue weighted by molar-refractivity contribution is 5.75. The van der Waals surface area contributed by atoms with Crippen molar-refractivity contribution < 1.29 is 4.79 Å². The van der Waals surface area contributed by atoms with Gasteiger partial charge in [-0.3, -0.25) is 4.79 Å². The smallest absolute Gasteiger partial charge is 0.221 e. The third-order valence-electron chi connectivity index (χ3n) is 0.604. The van der Waals surface area contributed by atoms with Gasteiger partial charge >= 0.3 is 0 Å². The second-order valence-electron chi connectivity index (χ2n) is 1.36. The summed E-state index contributed by atoms with van der Waals surface area (Å²) in [6, 6.07) is 0. The summed E-state index contributed by atoms with van der Waals surface area (Å²) in [5.74, 6) is -0.309. The molecule has 0 unspecified atom stereocenters. The highest BCUT2D eigenvalue weighted by atomic mass is 16.1. The second kappa shape index (κ2) is 4.18. The molecule has 3 N–H and O–H groups in total. The first kappa shape index (κ1) is 7.01. The van der Waals surface area contributed by atoms with Gasteiger partial charge in [0.1, 0.15) is 0 Å². The summed E-state index contributed by atoms with van der Waals surface area (Å²) in [5.41, 5.74) is 4.82. The number of hydrogen-bond donors (Lipinski definition) is 2. The SMILES string of the molecule is CN/C=C\CC(N)=O. The number of nitrogens with two attached hydrogens (primary N) is 1. The molecule has 0 heterocycles. The van der Waals surface area contributed by atoms with E-state index in [1.54, 1.807) is 19.3 Å². The van der Waals surface area contributed by atoms with Gasteiger partial charge in [-0.05, 0) is 6.20 Å². The summed E-state index contributed by atoms with van der Waals surface area (Å²) in [5, 5.41) is 2.73. The van der Waals surface area contributed by atoms with Gasteiger partial charge < -0.3 is 11.1 Å². The van der Waals surface area contributed by atoms with E-state index >= 15 is 0 Å². The van der Waals surface area contributed by atoms with Crippen LogP contribution in [0.2, 0.25) is 0 Å². The molecule has 3 nitrogen and oxygen atoms in total. The molecule has 0 fully saturated rings. The van der Waals surface area contributed by atoms with Crippen LogP contribution in [-0.4, -0.2) is 13.0 Å². The third kappa shape index (κ3) is 5.01. The van der Waals surface area contributed by atoms with Crippen molar-refractivity contribution in [1.29, 1.82) is 0 Å². The van der Waals surface area contributed by atoms with Crippen LogP contribution in [0.3, 0.4) is 0 Å². The largest absolute Gasteiger partial charge is 0.394 e. The van der Waals surface area contributed by atoms with Gasteiger partial charge in [-0.25, -0.2) is 0 Å². The molecular weight excluding hydrogens is 104 g/mol. The lowest BCUT2D eigenvalue weighted by Gasteiger charge is -1.83. The summed E-state index contributed by atoms with van der Waals surface area (Å²) in [7, 11) is 1.76. The lowest BCUT2D eigenvalue weighted by molar-refractivity contribution is -0.117. The van der Waals surface area contributed by atoms with Gasteiger partial charge in [0.15, 0.2) is 0 Å². The van der Waals surface area contributed by atoms with Gasteiger partial charge in [0.05, 0.1) is 0 Å². The fourth-order valence-corrected chi connectivity index (χ4v) is 0.293. The fourth-order valence-electron chi connectivity index (χ4n) is 0.293. The summed E-state index contributed by atoms with van der Waals surface area (Å²) in [4.78, 5) is 10.0.